The lowest BCUT2D eigenvalue weighted by Crippen LogP contribution is -2.23. The van der Waals surface area contributed by atoms with E-state index in [0.717, 1.165) is 106 Å². The molecule has 1 aliphatic carbocycles. The third-order valence-corrected chi connectivity index (χ3v) is 8.28. The molecule has 1 N–H and O–H groups in total. The molecule has 38 heavy (non-hydrogen) atoms. The highest BCUT2D eigenvalue weighted by molar-refractivity contribution is 5.81. The number of nitrogens with zero attached hydrogens (tertiary/aromatic N) is 2. The molecule has 0 spiro atoms. The second-order valence-corrected chi connectivity index (χ2v) is 11.2. The van der Waals surface area contributed by atoms with E-state index in [2.05, 4.69) is 34.7 Å². The normalized spacial score (nSPS) is 17.7. The maximum absolute atomic E-state index is 12.9. The van der Waals surface area contributed by atoms with E-state index < -0.39 is 0 Å². The van der Waals surface area contributed by atoms with Gasteiger partial charge in [-0.15, -0.1) is 0 Å². The highest BCUT2D eigenvalue weighted by atomic mass is 16.5. The molecule has 2 fully saturated rings. The van der Waals surface area contributed by atoms with Crippen molar-refractivity contribution in [1.82, 2.24) is 14.5 Å². The largest absolute Gasteiger partial charge is 0.462 e. The number of pyridine rings is 1. The molecule has 3 heterocycles. The van der Waals surface area contributed by atoms with Crippen LogP contribution in [0.15, 0.2) is 35.3 Å². The fourth-order valence-corrected chi connectivity index (χ4v) is 5.99. The van der Waals surface area contributed by atoms with Crippen molar-refractivity contribution in [1.29, 1.82) is 0 Å². The van der Waals surface area contributed by atoms with E-state index in [9.17, 15) is 9.59 Å². The Morgan fingerprint density at radius 1 is 1.16 bits per heavy atom. The minimum Gasteiger partial charge on any atom is -0.462 e. The predicted octanol–water partition coefficient (Wildman–Crippen LogP) is 5.96. The molecule has 5 rings (SSSR count). The summed E-state index contributed by atoms with van der Waals surface area (Å²) in [6, 6.07) is 8.44. The van der Waals surface area contributed by atoms with Crippen LogP contribution in [-0.2, 0) is 27.2 Å². The number of carbonyl (C=O) groups is 1. The first kappa shape index (κ1) is 26.7. The molecule has 0 unspecified atom stereocenters. The quantitative estimate of drug-likeness (QED) is 0.334. The van der Waals surface area contributed by atoms with Gasteiger partial charge >= 0.3 is 5.97 Å². The second-order valence-electron chi connectivity index (χ2n) is 11.2. The summed E-state index contributed by atoms with van der Waals surface area (Å²) in [6.07, 6.45) is 11.8. The Kier molecular flexibility index (Phi) is 8.62. The first-order chi connectivity index (χ1) is 18.5. The molecule has 1 atom stereocenters. The first-order valence-electron chi connectivity index (χ1n) is 14.5. The second kappa shape index (κ2) is 12.3. The number of hydrogen-bond donors (Lipinski definition) is 1. The number of carbonyl (C=O) groups excluding carboxylic acids is 1. The summed E-state index contributed by atoms with van der Waals surface area (Å²) in [4.78, 5) is 32.8. The summed E-state index contributed by atoms with van der Waals surface area (Å²) in [5.74, 6) is 1.34. The van der Waals surface area contributed by atoms with Crippen LogP contribution in [-0.4, -0.2) is 39.8 Å². The average Bonchev–Trinajstić information content (AvgIpc) is 3.56. The molecule has 1 saturated heterocycles. The summed E-state index contributed by atoms with van der Waals surface area (Å²) in [6.45, 7) is 6.44. The molecule has 0 radical (unpaired) electrons. The minimum absolute atomic E-state index is 0.0173. The van der Waals surface area contributed by atoms with Crippen LogP contribution in [0, 0.1) is 18.8 Å². The van der Waals surface area contributed by atoms with Crippen molar-refractivity contribution in [3.63, 3.8) is 0 Å². The van der Waals surface area contributed by atoms with Gasteiger partial charge in [-0.05, 0) is 94.4 Å². The van der Waals surface area contributed by atoms with Gasteiger partial charge in [0.1, 0.15) is 11.9 Å². The summed E-state index contributed by atoms with van der Waals surface area (Å²) >= 11 is 0. The zero-order valence-corrected chi connectivity index (χ0v) is 22.8. The van der Waals surface area contributed by atoms with Gasteiger partial charge in [-0.1, -0.05) is 19.4 Å². The van der Waals surface area contributed by atoms with Crippen LogP contribution in [0.25, 0.3) is 22.4 Å². The maximum atomic E-state index is 12.9. The van der Waals surface area contributed by atoms with Crippen molar-refractivity contribution in [2.24, 2.45) is 11.8 Å². The molecule has 204 valence electrons. The van der Waals surface area contributed by atoms with E-state index in [0.29, 0.717) is 11.5 Å². The van der Waals surface area contributed by atoms with Gasteiger partial charge in [0.15, 0.2) is 0 Å². The molecule has 1 saturated carbocycles. The smallest absolute Gasteiger partial charge is 0.309 e. The van der Waals surface area contributed by atoms with Crippen LogP contribution >= 0.6 is 0 Å². The molecule has 7 nitrogen and oxygen atoms in total. The van der Waals surface area contributed by atoms with Gasteiger partial charge in [-0.2, -0.15) is 0 Å². The van der Waals surface area contributed by atoms with Gasteiger partial charge in [0.2, 0.25) is 0 Å². The zero-order valence-electron chi connectivity index (χ0n) is 22.8. The third-order valence-electron chi connectivity index (χ3n) is 8.28. The predicted molar refractivity (Wildman–Crippen MR) is 149 cm³/mol. The number of ether oxygens (including phenoxy) is 2. The molecule has 0 amide bonds. The number of nitrogens with one attached hydrogen (secondary N) is 1. The number of aromatic nitrogens is 3. The first-order valence-corrected chi connectivity index (χ1v) is 14.5. The molecule has 2 aliphatic rings. The monoisotopic (exact) mass is 519 g/mol. The highest BCUT2D eigenvalue weighted by Gasteiger charge is 2.25. The number of fused-ring (bicyclic) bond motifs is 1. The van der Waals surface area contributed by atoms with Crippen molar-refractivity contribution in [2.75, 3.05) is 13.2 Å². The van der Waals surface area contributed by atoms with Crippen molar-refractivity contribution >= 4 is 17.0 Å². The lowest BCUT2D eigenvalue weighted by atomic mass is 9.95. The molecule has 0 bridgehead atoms. The van der Waals surface area contributed by atoms with E-state index in [1.807, 2.05) is 13.0 Å². The number of imidazole rings is 1. The Hall–Kier alpha value is -2.93. The third kappa shape index (κ3) is 6.20. The molecular formula is C31H41N3O4. The van der Waals surface area contributed by atoms with E-state index in [1.165, 1.54) is 5.56 Å². The number of aromatic amines is 1. The van der Waals surface area contributed by atoms with Crippen LogP contribution in [0.2, 0.25) is 0 Å². The Bertz CT molecular complexity index is 1300. The summed E-state index contributed by atoms with van der Waals surface area (Å²) in [5.41, 5.74) is 4.77. The standard InChI is InChI=1S/C31H41N3O4/c1-3-6-24(31(36)38-26-7-4-5-8-26)11-9-22-10-12-28-27(18-22)33-29(25-17-21(2)30(35)32-19-25)34(28)20-23-13-15-37-16-14-23/h10,12,17-19,23-24,26H,3-9,11,13-16,20H2,1-2H3,(H,32,35)/t24-/m1/s1. The van der Waals surface area contributed by atoms with Crippen LogP contribution in [0.3, 0.4) is 0 Å². The maximum Gasteiger partial charge on any atom is 0.309 e. The zero-order chi connectivity index (χ0) is 26.5. The number of hydrogen-bond acceptors (Lipinski definition) is 5. The van der Waals surface area contributed by atoms with Crippen LogP contribution in [0.1, 0.15) is 75.8 Å². The summed E-state index contributed by atoms with van der Waals surface area (Å²) in [5, 5.41) is 0. The van der Waals surface area contributed by atoms with Gasteiger partial charge < -0.3 is 19.0 Å². The molecule has 2 aromatic heterocycles. The Morgan fingerprint density at radius 3 is 2.68 bits per heavy atom. The molecule has 7 heteroatoms. The SMILES string of the molecule is CCC[C@H](CCc1ccc2c(c1)nc(-c1c[nH]c(=O)c(C)c1)n2CC1CCOCC1)C(=O)OC1CCCC1. The average molecular weight is 520 g/mol. The van der Waals surface area contributed by atoms with Crippen molar-refractivity contribution in [3.05, 3.63) is 51.9 Å². The lowest BCUT2D eigenvalue weighted by Gasteiger charge is -2.23. The minimum atomic E-state index is -0.0729. The number of esters is 1. The van der Waals surface area contributed by atoms with E-state index >= 15 is 0 Å². The van der Waals surface area contributed by atoms with Gasteiger partial charge in [0.25, 0.3) is 5.56 Å². The van der Waals surface area contributed by atoms with Crippen molar-refractivity contribution < 1.29 is 14.3 Å². The van der Waals surface area contributed by atoms with Gasteiger partial charge in [0, 0.05) is 37.1 Å². The number of aryl methyl sites for hydroxylation is 2. The fraction of sp³-hybridized carbons (Fsp3) is 0.581. The van der Waals surface area contributed by atoms with Gasteiger partial charge in [-0.25, -0.2) is 4.98 Å². The Balaban J connectivity index is 1.38. The van der Waals surface area contributed by atoms with E-state index in [-0.39, 0.29) is 23.6 Å². The topological polar surface area (TPSA) is 86.2 Å². The number of benzene rings is 1. The summed E-state index contributed by atoms with van der Waals surface area (Å²) < 4.78 is 13.7. The summed E-state index contributed by atoms with van der Waals surface area (Å²) in [7, 11) is 0. The Morgan fingerprint density at radius 2 is 1.95 bits per heavy atom. The van der Waals surface area contributed by atoms with Crippen molar-refractivity contribution in [3.8, 4) is 11.4 Å². The number of H-pyrrole nitrogens is 1. The van der Waals surface area contributed by atoms with Crippen LogP contribution in [0.5, 0.6) is 0 Å². The van der Waals surface area contributed by atoms with E-state index in [1.54, 1.807) is 6.20 Å². The molecule has 1 aliphatic heterocycles. The fourth-order valence-electron chi connectivity index (χ4n) is 5.99. The van der Waals surface area contributed by atoms with Crippen LogP contribution in [0.4, 0.5) is 0 Å². The van der Waals surface area contributed by atoms with E-state index in [4.69, 9.17) is 14.5 Å². The molecular weight excluding hydrogens is 478 g/mol. The van der Waals surface area contributed by atoms with Crippen molar-refractivity contribution in [2.45, 2.75) is 90.7 Å². The highest BCUT2D eigenvalue weighted by Crippen LogP contribution is 2.30. The van der Waals surface area contributed by atoms with Gasteiger partial charge in [-0.3, -0.25) is 9.59 Å². The molecule has 3 aromatic rings. The molecule has 1 aromatic carbocycles. The van der Waals surface area contributed by atoms with Gasteiger partial charge in [0.05, 0.1) is 17.0 Å². The lowest BCUT2D eigenvalue weighted by molar-refractivity contribution is -0.154. The Labute approximate surface area is 225 Å². The number of rotatable bonds is 10. The van der Waals surface area contributed by atoms with Crippen LogP contribution < -0.4 is 5.56 Å².